The molecule has 6 N–H and O–H groups in total. The number of H-pyrrole nitrogens is 1. The number of nitrogens with zero attached hydrogens (tertiary/aromatic N) is 2. The van der Waals surface area contributed by atoms with Crippen molar-refractivity contribution in [2.75, 3.05) is 10.6 Å². The number of anilines is 3. The SMILES string of the molecule is N=CC(=CN)c1cccc(Nc2ccc3cc(C(=O)Nc4ccnnc4)[nH]c3c2)c1. The van der Waals surface area contributed by atoms with E-state index in [1.807, 2.05) is 42.5 Å². The minimum absolute atomic E-state index is 0.255. The van der Waals surface area contributed by atoms with Crippen LogP contribution in [0.5, 0.6) is 0 Å². The number of amides is 1. The number of rotatable bonds is 6. The maximum Gasteiger partial charge on any atom is 0.272 e. The van der Waals surface area contributed by atoms with E-state index in [4.69, 9.17) is 11.1 Å². The quantitative estimate of drug-likeness (QED) is 0.315. The van der Waals surface area contributed by atoms with E-state index >= 15 is 0 Å². The Kier molecular flexibility index (Phi) is 5.21. The monoisotopic (exact) mass is 397 g/mol. The van der Waals surface area contributed by atoms with Gasteiger partial charge in [0.25, 0.3) is 5.91 Å². The lowest BCUT2D eigenvalue weighted by Crippen LogP contribution is -2.12. The van der Waals surface area contributed by atoms with Crippen molar-refractivity contribution in [3.05, 3.63) is 84.4 Å². The highest BCUT2D eigenvalue weighted by atomic mass is 16.1. The summed E-state index contributed by atoms with van der Waals surface area (Å²) < 4.78 is 0. The van der Waals surface area contributed by atoms with Crippen LogP contribution in [-0.2, 0) is 0 Å². The molecule has 30 heavy (non-hydrogen) atoms. The maximum absolute atomic E-state index is 12.5. The Hall–Kier alpha value is -4.46. The van der Waals surface area contributed by atoms with Gasteiger partial charge >= 0.3 is 0 Å². The molecule has 4 rings (SSSR count). The molecule has 2 aromatic heterocycles. The molecule has 1 amide bonds. The molecule has 0 bridgehead atoms. The molecule has 0 fully saturated rings. The Balaban J connectivity index is 1.55. The number of benzene rings is 2. The molecule has 2 heterocycles. The first-order chi connectivity index (χ1) is 14.7. The predicted octanol–water partition coefficient (Wildman–Crippen LogP) is 3.90. The third kappa shape index (κ3) is 4.02. The van der Waals surface area contributed by atoms with Crippen molar-refractivity contribution in [2.45, 2.75) is 0 Å². The summed E-state index contributed by atoms with van der Waals surface area (Å²) in [6.07, 6.45) is 5.63. The van der Waals surface area contributed by atoms with Crippen molar-refractivity contribution in [2.24, 2.45) is 5.73 Å². The molecular weight excluding hydrogens is 378 g/mol. The van der Waals surface area contributed by atoms with Crippen LogP contribution in [0.25, 0.3) is 16.5 Å². The molecule has 8 heteroatoms. The lowest BCUT2D eigenvalue weighted by Gasteiger charge is -2.09. The van der Waals surface area contributed by atoms with Gasteiger partial charge in [0.1, 0.15) is 5.69 Å². The third-order valence-electron chi connectivity index (χ3n) is 4.53. The summed E-state index contributed by atoms with van der Waals surface area (Å²) in [5.74, 6) is -0.255. The van der Waals surface area contributed by atoms with E-state index in [9.17, 15) is 4.79 Å². The topological polar surface area (TPSA) is 133 Å². The van der Waals surface area contributed by atoms with Crippen molar-refractivity contribution in [1.29, 1.82) is 5.41 Å². The molecule has 0 aliphatic heterocycles. The van der Waals surface area contributed by atoms with Gasteiger partial charge in [-0.2, -0.15) is 10.2 Å². The van der Waals surface area contributed by atoms with Crippen molar-refractivity contribution in [1.82, 2.24) is 15.2 Å². The smallest absolute Gasteiger partial charge is 0.272 e. The summed E-state index contributed by atoms with van der Waals surface area (Å²) in [5.41, 5.74) is 10.6. The molecule has 0 radical (unpaired) electrons. The lowest BCUT2D eigenvalue weighted by molar-refractivity contribution is 0.102. The van der Waals surface area contributed by atoms with Crippen molar-refractivity contribution in [3.8, 4) is 0 Å². The zero-order valence-corrected chi connectivity index (χ0v) is 15.9. The van der Waals surface area contributed by atoms with Gasteiger partial charge in [0.2, 0.25) is 0 Å². The van der Waals surface area contributed by atoms with Crippen LogP contribution in [0, 0.1) is 5.41 Å². The number of nitrogens with two attached hydrogens (primary N) is 1. The molecule has 0 atom stereocenters. The minimum Gasteiger partial charge on any atom is -0.404 e. The number of hydrogen-bond acceptors (Lipinski definition) is 6. The van der Waals surface area contributed by atoms with Crippen LogP contribution < -0.4 is 16.4 Å². The first-order valence-corrected chi connectivity index (χ1v) is 9.17. The van der Waals surface area contributed by atoms with Crippen LogP contribution in [0.15, 0.2) is 73.2 Å². The molecule has 0 unspecified atom stereocenters. The normalized spacial score (nSPS) is 11.3. The second-order valence-corrected chi connectivity index (χ2v) is 6.54. The van der Waals surface area contributed by atoms with E-state index in [0.29, 0.717) is 17.0 Å². The molecule has 0 aliphatic carbocycles. The van der Waals surface area contributed by atoms with E-state index in [-0.39, 0.29) is 5.91 Å². The number of carbonyl (C=O) groups excluding carboxylic acids is 1. The van der Waals surface area contributed by atoms with Crippen LogP contribution in [0.3, 0.4) is 0 Å². The summed E-state index contributed by atoms with van der Waals surface area (Å²) in [5, 5.41) is 21.9. The van der Waals surface area contributed by atoms with Crippen molar-refractivity contribution >= 4 is 45.7 Å². The third-order valence-corrected chi connectivity index (χ3v) is 4.53. The van der Waals surface area contributed by atoms with E-state index in [0.717, 1.165) is 27.8 Å². The van der Waals surface area contributed by atoms with E-state index in [2.05, 4.69) is 25.8 Å². The van der Waals surface area contributed by atoms with Gasteiger partial charge in [-0.05, 0) is 42.0 Å². The van der Waals surface area contributed by atoms with Crippen molar-refractivity contribution < 1.29 is 4.79 Å². The zero-order chi connectivity index (χ0) is 20.9. The Morgan fingerprint density at radius 2 is 1.90 bits per heavy atom. The van der Waals surface area contributed by atoms with Gasteiger partial charge in [0.15, 0.2) is 0 Å². The van der Waals surface area contributed by atoms with Crippen LogP contribution in [0.2, 0.25) is 0 Å². The zero-order valence-electron chi connectivity index (χ0n) is 15.9. The Bertz CT molecular complexity index is 1240. The molecular formula is C22H19N7O. The minimum atomic E-state index is -0.255. The van der Waals surface area contributed by atoms with Crippen LogP contribution in [0.4, 0.5) is 17.1 Å². The van der Waals surface area contributed by atoms with Gasteiger partial charge in [-0.15, -0.1) is 0 Å². The molecule has 148 valence electrons. The van der Waals surface area contributed by atoms with Gasteiger partial charge in [-0.3, -0.25) is 4.79 Å². The lowest BCUT2D eigenvalue weighted by atomic mass is 10.1. The molecule has 0 spiro atoms. The Morgan fingerprint density at radius 1 is 1.03 bits per heavy atom. The molecule has 0 saturated carbocycles. The fourth-order valence-corrected chi connectivity index (χ4v) is 3.06. The Labute approximate surface area is 172 Å². The average molecular weight is 397 g/mol. The Morgan fingerprint density at radius 3 is 2.67 bits per heavy atom. The van der Waals surface area contributed by atoms with Gasteiger partial charge in [0.05, 0.1) is 18.1 Å². The maximum atomic E-state index is 12.5. The number of aromatic amines is 1. The standard InChI is InChI=1S/C22H19N7O/c23-11-16(12-24)14-2-1-3-17(8-14)27-18-5-4-15-9-21(29-20(15)10-18)22(30)28-19-6-7-25-26-13-19/h1-13,23,27,29H,24H2,(H,25,28,30). The summed E-state index contributed by atoms with van der Waals surface area (Å²) in [7, 11) is 0. The van der Waals surface area contributed by atoms with Crippen LogP contribution >= 0.6 is 0 Å². The number of hydrogen-bond donors (Lipinski definition) is 5. The average Bonchev–Trinajstić information content (AvgIpc) is 3.19. The molecule has 2 aromatic carbocycles. The van der Waals surface area contributed by atoms with E-state index < -0.39 is 0 Å². The first kappa shape index (κ1) is 18.9. The summed E-state index contributed by atoms with van der Waals surface area (Å²) in [4.78, 5) is 15.6. The predicted molar refractivity (Wildman–Crippen MR) is 119 cm³/mol. The number of fused-ring (bicyclic) bond motifs is 1. The fraction of sp³-hybridized carbons (Fsp3) is 0. The molecule has 0 saturated heterocycles. The van der Waals surface area contributed by atoms with Gasteiger partial charge in [-0.1, -0.05) is 18.2 Å². The van der Waals surface area contributed by atoms with Gasteiger partial charge in [-0.25, -0.2) is 0 Å². The molecule has 4 aromatic rings. The van der Waals surface area contributed by atoms with E-state index in [1.165, 1.54) is 24.8 Å². The van der Waals surface area contributed by atoms with Gasteiger partial charge < -0.3 is 26.8 Å². The van der Waals surface area contributed by atoms with Crippen LogP contribution in [-0.4, -0.2) is 27.3 Å². The highest BCUT2D eigenvalue weighted by molar-refractivity contribution is 6.08. The molecule has 0 aliphatic rings. The number of aromatic nitrogens is 3. The molecule has 8 nitrogen and oxygen atoms in total. The van der Waals surface area contributed by atoms with Crippen molar-refractivity contribution in [3.63, 3.8) is 0 Å². The highest BCUT2D eigenvalue weighted by Gasteiger charge is 2.11. The summed E-state index contributed by atoms with van der Waals surface area (Å²) in [6, 6.07) is 16.9. The van der Waals surface area contributed by atoms with E-state index in [1.54, 1.807) is 12.1 Å². The summed E-state index contributed by atoms with van der Waals surface area (Å²) >= 11 is 0. The van der Waals surface area contributed by atoms with Gasteiger partial charge in [0, 0.05) is 40.3 Å². The summed E-state index contributed by atoms with van der Waals surface area (Å²) in [6.45, 7) is 0. The second-order valence-electron chi connectivity index (χ2n) is 6.54. The highest BCUT2D eigenvalue weighted by Crippen LogP contribution is 2.25. The first-order valence-electron chi connectivity index (χ1n) is 9.17. The number of allylic oxidation sites excluding steroid dienone is 1. The number of carbonyl (C=O) groups is 1. The van der Waals surface area contributed by atoms with Crippen LogP contribution in [0.1, 0.15) is 16.1 Å². The largest absolute Gasteiger partial charge is 0.404 e. The second kappa shape index (κ2) is 8.27. The fourth-order valence-electron chi connectivity index (χ4n) is 3.06. The number of nitrogens with one attached hydrogen (secondary N) is 4.